The highest BCUT2D eigenvalue weighted by atomic mass is 15.1. The van der Waals surface area contributed by atoms with Crippen molar-refractivity contribution < 1.29 is 0 Å². The molecule has 0 unspecified atom stereocenters. The van der Waals surface area contributed by atoms with Crippen LogP contribution in [0.4, 0.5) is 17.1 Å². The first-order valence-electron chi connectivity index (χ1n) is 19.9. The number of fused-ring (bicyclic) bond motifs is 5. The summed E-state index contributed by atoms with van der Waals surface area (Å²) in [5, 5.41) is 7.36. The van der Waals surface area contributed by atoms with E-state index in [2.05, 4.69) is 240 Å². The number of hydrogen-bond acceptors (Lipinski definition) is 1. The second-order valence-corrected chi connectivity index (χ2v) is 15.0. The van der Waals surface area contributed by atoms with Gasteiger partial charge in [0.15, 0.2) is 0 Å². The lowest BCUT2D eigenvalue weighted by atomic mass is 9.96. The monoisotopic (exact) mass is 738 g/mol. The molecule has 272 valence electrons. The zero-order valence-corrected chi connectivity index (χ0v) is 31.8. The molecule has 0 fully saturated rings. The molecule has 0 amide bonds. The zero-order chi connectivity index (χ0) is 38.4. The van der Waals surface area contributed by atoms with Gasteiger partial charge in [0, 0.05) is 33.5 Å². The van der Waals surface area contributed by atoms with Crippen LogP contribution >= 0.6 is 0 Å². The van der Waals surface area contributed by atoms with Crippen LogP contribution in [0, 0.1) is 0 Å². The summed E-state index contributed by atoms with van der Waals surface area (Å²) in [6.45, 7) is 0. The highest BCUT2D eigenvalue weighted by Gasteiger charge is 2.18. The first kappa shape index (κ1) is 33.6. The molecule has 11 aromatic rings. The average molecular weight is 739 g/mol. The standard InChI is InChI=1S/C56H38N2/c1-4-12-39(13-5-1)41-26-29-50(30-27-41)57(52-32-33-54-53-18-10-11-19-55(53)58(56(54)38-52)49-16-8-3-9-17-49)51-31-28-42-20-21-47(36-48(42)37-51)46-25-24-44-34-43(22-23-45(44)35-46)40-14-6-2-7-15-40/h1-38H. The van der Waals surface area contributed by atoms with Crippen molar-refractivity contribution in [1.29, 1.82) is 0 Å². The molecule has 0 spiro atoms. The van der Waals surface area contributed by atoms with Gasteiger partial charge < -0.3 is 9.47 Å². The Labute approximate surface area is 338 Å². The number of rotatable bonds is 7. The molecule has 11 rings (SSSR count). The van der Waals surface area contributed by atoms with E-state index in [9.17, 15) is 0 Å². The molecule has 0 N–H and O–H groups in total. The molecule has 0 saturated carbocycles. The van der Waals surface area contributed by atoms with Crippen molar-refractivity contribution in [2.45, 2.75) is 0 Å². The normalized spacial score (nSPS) is 11.4. The SMILES string of the molecule is c1ccc(-c2ccc(N(c3ccc4ccc(-c5ccc6cc(-c7ccccc7)ccc6c5)cc4c3)c3ccc4c5ccccc5n(-c5ccccc5)c4c3)cc2)cc1. The summed E-state index contributed by atoms with van der Waals surface area (Å²) in [7, 11) is 0. The van der Waals surface area contributed by atoms with Crippen LogP contribution in [-0.4, -0.2) is 4.57 Å². The van der Waals surface area contributed by atoms with E-state index in [1.165, 1.54) is 76.7 Å². The van der Waals surface area contributed by atoms with Gasteiger partial charge in [0.1, 0.15) is 0 Å². The Morgan fingerprint density at radius 3 is 1.40 bits per heavy atom. The van der Waals surface area contributed by atoms with Gasteiger partial charge in [-0.25, -0.2) is 0 Å². The van der Waals surface area contributed by atoms with E-state index in [1.54, 1.807) is 0 Å². The molecule has 0 atom stereocenters. The number of anilines is 3. The molecule has 1 heterocycles. The largest absolute Gasteiger partial charge is 0.310 e. The van der Waals surface area contributed by atoms with Crippen molar-refractivity contribution in [2.24, 2.45) is 0 Å². The quantitative estimate of drug-likeness (QED) is 0.158. The lowest BCUT2D eigenvalue weighted by Crippen LogP contribution is -2.10. The number of para-hydroxylation sites is 2. The van der Waals surface area contributed by atoms with Crippen LogP contribution in [0.25, 0.3) is 82.4 Å². The molecule has 0 aliphatic carbocycles. The second-order valence-electron chi connectivity index (χ2n) is 15.0. The van der Waals surface area contributed by atoms with E-state index in [1.807, 2.05) is 0 Å². The van der Waals surface area contributed by atoms with E-state index < -0.39 is 0 Å². The third-order valence-corrected chi connectivity index (χ3v) is 11.5. The molecule has 0 radical (unpaired) electrons. The smallest absolute Gasteiger partial charge is 0.0561 e. The van der Waals surface area contributed by atoms with Crippen LogP contribution in [0.15, 0.2) is 231 Å². The van der Waals surface area contributed by atoms with Gasteiger partial charge in [0.05, 0.1) is 11.0 Å². The van der Waals surface area contributed by atoms with E-state index in [0.717, 1.165) is 22.7 Å². The maximum Gasteiger partial charge on any atom is 0.0561 e. The van der Waals surface area contributed by atoms with Gasteiger partial charge in [-0.05, 0) is 128 Å². The molecule has 1 aromatic heterocycles. The number of aromatic nitrogens is 1. The molecule has 2 nitrogen and oxygen atoms in total. The summed E-state index contributed by atoms with van der Waals surface area (Å²) < 4.78 is 2.39. The second kappa shape index (κ2) is 14.1. The summed E-state index contributed by atoms with van der Waals surface area (Å²) in [4.78, 5) is 2.40. The molecule has 10 aromatic carbocycles. The summed E-state index contributed by atoms with van der Waals surface area (Å²) in [6, 6.07) is 83.8. The van der Waals surface area contributed by atoms with Crippen LogP contribution in [0.2, 0.25) is 0 Å². The van der Waals surface area contributed by atoms with Gasteiger partial charge in [-0.1, -0.05) is 158 Å². The Morgan fingerprint density at radius 1 is 0.259 bits per heavy atom. The number of benzene rings is 10. The first-order chi connectivity index (χ1) is 28.7. The fraction of sp³-hybridized carbons (Fsp3) is 0. The fourth-order valence-electron chi connectivity index (χ4n) is 8.62. The van der Waals surface area contributed by atoms with Crippen molar-refractivity contribution in [3.8, 4) is 39.1 Å². The Morgan fingerprint density at radius 2 is 0.707 bits per heavy atom. The predicted molar refractivity (Wildman–Crippen MR) is 247 cm³/mol. The van der Waals surface area contributed by atoms with Gasteiger partial charge in [0.25, 0.3) is 0 Å². The molecule has 2 heteroatoms. The molecule has 0 bridgehead atoms. The average Bonchev–Trinajstić information content (AvgIpc) is 3.63. The number of nitrogens with zero attached hydrogens (tertiary/aromatic N) is 2. The summed E-state index contributed by atoms with van der Waals surface area (Å²) >= 11 is 0. The molecule has 0 aliphatic rings. The third kappa shape index (κ3) is 6.00. The minimum Gasteiger partial charge on any atom is -0.310 e. The van der Waals surface area contributed by atoms with E-state index in [0.29, 0.717) is 0 Å². The maximum absolute atomic E-state index is 2.40. The first-order valence-corrected chi connectivity index (χ1v) is 19.9. The number of hydrogen-bond donors (Lipinski definition) is 0. The zero-order valence-electron chi connectivity index (χ0n) is 31.8. The highest BCUT2D eigenvalue weighted by molar-refractivity contribution is 6.10. The van der Waals surface area contributed by atoms with Gasteiger partial charge >= 0.3 is 0 Å². The van der Waals surface area contributed by atoms with Crippen molar-refractivity contribution in [2.75, 3.05) is 4.90 Å². The van der Waals surface area contributed by atoms with Crippen LogP contribution in [0.1, 0.15) is 0 Å². The maximum atomic E-state index is 2.40. The Kier molecular flexibility index (Phi) is 8.19. The lowest BCUT2D eigenvalue weighted by molar-refractivity contribution is 1.18. The van der Waals surface area contributed by atoms with Gasteiger partial charge in [-0.15, -0.1) is 0 Å². The molecular weight excluding hydrogens is 701 g/mol. The van der Waals surface area contributed by atoms with Gasteiger partial charge in [-0.3, -0.25) is 0 Å². The lowest BCUT2D eigenvalue weighted by Gasteiger charge is -2.26. The van der Waals surface area contributed by atoms with E-state index in [4.69, 9.17) is 0 Å². The summed E-state index contributed by atoms with van der Waals surface area (Å²) in [5.41, 5.74) is 14.1. The van der Waals surface area contributed by atoms with E-state index >= 15 is 0 Å². The van der Waals surface area contributed by atoms with Crippen molar-refractivity contribution in [3.63, 3.8) is 0 Å². The van der Waals surface area contributed by atoms with Crippen molar-refractivity contribution in [3.05, 3.63) is 231 Å². The Balaban J connectivity index is 1.04. The molecule has 58 heavy (non-hydrogen) atoms. The van der Waals surface area contributed by atoms with Crippen molar-refractivity contribution in [1.82, 2.24) is 4.57 Å². The topological polar surface area (TPSA) is 8.17 Å². The summed E-state index contributed by atoms with van der Waals surface area (Å²) in [5.74, 6) is 0. The molecule has 0 saturated heterocycles. The minimum atomic E-state index is 1.10. The van der Waals surface area contributed by atoms with Gasteiger partial charge in [-0.2, -0.15) is 0 Å². The fourth-order valence-corrected chi connectivity index (χ4v) is 8.62. The summed E-state index contributed by atoms with van der Waals surface area (Å²) in [6.07, 6.45) is 0. The Bertz CT molecular complexity index is 3250. The molecule has 0 aliphatic heterocycles. The highest BCUT2D eigenvalue weighted by Crippen LogP contribution is 2.41. The van der Waals surface area contributed by atoms with Crippen LogP contribution in [0.5, 0.6) is 0 Å². The van der Waals surface area contributed by atoms with Gasteiger partial charge in [0.2, 0.25) is 0 Å². The van der Waals surface area contributed by atoms with E-state index in [-0.39, 0.29) is 0 Å². The predicted octanol–water partition coefficient (Wildman–Crippen LogP) is 15.6. The van der Waals surface area contributed by atoms with Crippen molar-refractivity contribution >= 4 is 60.4 Å². The molecular formula is C56H38N2. The van der Waals surface area contributed by atoms with Crippen LogP contribution in [-0.2, 0) is 0 Å². The van der Waals surface area contributed by atoms with Crippen LogP contribution < -0.4 is 4.90 Å². The minimum absolute atomic E-state index is 1.10. The third-order valence-electron chi connectivity index (χ3n) is 11.5. The Hall–Kier alpha value is -7.68. The van der Waals surface area contributed by atoms with Crippen LogP contribution in [0.3, 0.4) is 0 Å².